The fourth-order valence-corrected chi connectivity index (χ4v) is 2.54. The summed E-state index contributed by atoms with van der Waals surface area (Å²) in [6, 6.07) is 23.4. The third-order valence-corrected chi connectivity index (χ3v) is 3.66. The minimum Gasteiger partial charge on any atom is -0.345 e. The summed E-state index contributed by atoms with van der Waals surface area (Å²) in [6.45, 7) is 0. The van der Waals surface area contributed by atoms with Crippen LogP contribution in [0.15, 0.2) is 85.2 Å². The summed E-state index contributed by atoms with van der Waals surface area (Å²) in [4.78, 5) is 16.6. The molecule has 3 aromatic rings. The molecule has 0 saturated carbocycles. The quantitative estimate of drug-likeness (QED) is 0.783. The summed E-state index contributed by atoms with van der Waals surface area (Å²) in [5, 5.41) is 3.12. The molecule has 3 rings (SSSR count). The van der Waals surface area contributed by atoms with Gasteiger partial charge in [0.2, 0.25) is 5.91 Å². The Morgan fingerprint density at radius 2 is 1.52 bits per heavy atom. The summed E-state index contributed by atoms with van der Waals surface area (Å²) >= 11 is 0. The number of hydrogen-bond donors (Lipinski definition) is 1. The van der Waals surface area contributed by atoms with Crippen LogP contribution in [0.4, 0.5) is 0 Å². The predicted octanol–water partition coefficient (Wildman–Crippen LogP) is 3.53. The summed E-state index contributed by atoms with van der Waals surface area (Å²) in [7, 11) is 0. The predicted molar refractivity (Wildman–Crippen MR) is 90.8 cm³/mol. The second kappa shape index (κ2) is 7.36. The lowest BCUT2D eigenvalue weighted by molar-refractivity contribution is -0.120. The second-order valence-electron chi connectivity index (χ2n) is 5.36. The number of carbonyl (C=O) groups is 1. The molecule has 3 nitrogen and oxygen atoms in total. The Morgan fingerprint density at radius 3 is 2.17 bits per heavy atom. The van der Waals surface area contributed by atoms with Crippen LogP contribution in [0.2, 0.25) is 0 Å². The van der Waals surface area contributed by atoms with E-state index < -0.39 is 0 Å². The van der Waals surface area contributed by atoms with E-state index in [9.17, 15) is 4.79 Å². The van der Waals surface area contributed by atoms with Gasteiger partial charge in [-0.2, -0.15) is 0 Å². The van der Waals surface area contributed by atoms with Crippen molar-refractivity contribution in [2.45, 2.75) is 12.5 Å². The minimum atomic E-state index is -0.193. The summed E-state index contributed by atoms with van der Waals surface area (Å²) in [6.07, 6.45) is 3.89. The van der Waals surface area contributed by atoms with Crippen LogP contribution in [-0.2, 0) is 11.2 Å². The highest BCUT2D eigenvalue weighted by Gasteiger charge is 2.16. The highest BCUT2D eigenvalue weighted by Crippen LogP contribution is 2.21. The van der Waals surface area contributed by atoms with Gasteiger partial charge < -0.3 is 5.32 Å². The van der Waals surface area contributed by atoms with E-state index in [4.69, 9.17) is 0 Å². The zero-order chi connectivity index (χ0) is 15.9. The molecule has 0 bridgehead atoms. The van der Waals surface area contributed by atoms with Crippen molar-refractivity contribution >= 4 is 5.91 Å². The van der Waals surface area contributed by atoms with E-state index in [2.05, 4.69) is 10.3 Å². The number of carbonyl (C=O) groups excluding carboxylic acids is 1. The summed E-state index contributed by atoms with van der Waals surface area (Å²) in [5.74, 6) is -0.00564. The van der Waals surface area contributed by atoms with E-state index in [1.165, 1.54) is 0 Å². The van der Waals surface area contributed by atoms with E-state index in [1.807, 2.05) is 72.8 Å². The van der Waals surface area contributed by atoms with E-state index in [0.717, 1.165) is 16.7 Å². The number of amides is 1. The first kappa shape index (κ1) is 15.0. The van der Waals surface area contributed by atoms with E-state index in [-0.39, 0.29) is 11.9 Å². The average molecular weight is 302 g/mol. The standard InChI is InChI=1S/C20H18N2O/c23-19(14-16-8-3-1-4-9-16)22-20(17-10-5-2-6-11-17)18-12-7-13-21-15-18/h1-13,15,20H,14H2,(H,22,23)/t20-/m1/s1. The maximum atomic E-state index is 12.4. The van der Waals surface area contributed by atoms with E-state index >= 15 is 0 Å². The smallest absolute Gasteiger partial charge is 0.225 e. The van der Waals surface area contributed by atoms with Gasteiger partial charge in [0.25, 0.3) is 0 Å². The second-order valence-corrected chi connectivity index (χ2v) is 5.36. The van der Waals surface area contributed by atoms with Gasteiger partial charge in [-0.05, 0) is 22.8 Å². The molecular formula is C20H18N2O. The number of hydrogen-bond acceptors (Lipinski definition) is 2. The summed E-state index contributed by atoms with van der Waals surface area (Å²) in [5.41, 5.74) is 3.02. The van der Waals surface area contributed by atoms with Gasteiger partial charge in [-0.1, -0.05) is 66.7 Å². The number of pyridine rings is 1. The van der Waals surface area contributed by atoms with Gasteiger partial charge in [-0.3, -0.25) is 9.78 Å². The van der Waals surface area contributed by atoms with Crippen molar-refractivity contribution in [3.63, 3.8) is 0 Å². The molecule has 0 fully saturated rings. The number of rotatable bonds is 5. The Kier molecular flexibility index (Phi) is 4.79. The van der Waals surface area contributed by atoms with Crippen LogP contribution in [0, 0.1) is 0 Å². The van der Waals surface area contributed by atoms with Crippen LogP contribution in [-0.4, -0.2) is 10.9 Å². The van der Waals surface area contributed by atoms with Crippen molar-refractivity contribution in [2.75, 3.05) is 0 Å². The van der Waals surface area contributed by atoms with Crippen LogP contribution < -0.4 is 5.32 Å². The third kappa shape index (κ3) is 4.04. The Balaban J connectivity index is 1.81. The van der Waals surface area contributed by atoms with E-state index in [0.29, 0.717) is 6.42 Å². The fraction of sp³-hybridized carbons (Fsp3) is 0.100. The molecule has 1 heterocycles. The molecule has 0 radical (unpaired) electrons. The number of nitrogens with zero attached hydrogens (tertiary/aromatic N) is 1. The molecule has 23 heavy (non-hydrogen) atoms. The number of nitrogens with one attached hydrogen (secondary N) is 1. The van der Waals surface area contributed by atoms with Crippen molar-refractivity contribution in [2.24, 2.45) is 0 Å². The van der Waals surface area contributed by atoms with Gasteiger partial charge in [0.15, 0.2) is 0 Å². The van der Waals surface area contributed by atoms with E-state index in [1.54, 1.807) is 12.4 Å². The molecule has 0 aliphatic rings. The zero-order valence-electron chi connectivity index (χ0n) is 12.7. The van der Waals surface area contributed by atoms with Crippen LogP contribution in [0.3, 0.4) is 0 Å². The molecule has 0 saturated heterocycles. The van der Waals surface area contributed by atoms with Crippen molar-refractivity contribution in [1.29, 1.82) is 0 Å². The molecule has 3 heteroatoms. The Morgan fingerprint density at radius 1 is 0.870 bits per heavy atom. The van der Waals surface area contributed by atoms with Crippen LogP contribution in [0.1, 0.15) is 22.7 Å². The molecular weight excluding hydrogens is 284 g/mol. The highest BCUT2D eigenvalue weighted by molar-refractivity contribution is 5.79. The summed E-state index contributed by atoms with van der Waals surface area (Å²) < 4.78 is 0. The monoisotopic (exact) mass is 302 g/mol. The lowest BCUT2D eigenvalue weighted by Crippen LogP contribution is -2.30. The van der Waals surface area contributed by atoms with Crippen LogP contribution >= 0.6 is 0 Å². The molecule has 114 valence electrons. The Hall–Kier alpha value is -2.94. The molecule has 1 aromatic heterocycles. The number of aromatic nitrogens is 1. The lowest BCUT2D eigenvalue weighted by atomic mass is 10.00. The zero-order valence-corrected chi connectivity index (χ0v) is 12.7. The molecule has 0 aliphatic heterocycles. The van der Waals surface area contributed by atoms with Crippen molar-refractivity contribution in [3.8, 4) is 0 Å². The maximum absolute atomic E-state index is 12.4. The SMILES string of the molecule is O=C(Cc1ccccc1)N[C@H](c1ccccc1)c1cccnc1. The molecule has 0 aliphatic carbocycles. The fourth-order valence-electron chi connectivity index (χ4n) is 2.54. The molecule has 0 unspecified atom stereocenters. The van der Waals surface area contributed by atoms with Gasteiger partial charge in [-0.15, -0.1) is 0 Å². The van der Waals surface area contributed by atoms with Crippen LogP contribution in [0.5, 0.6) is 0 Å². The Bertz CT molecular complexity index is 703. The van der Waals surface area contributed by atoms with Crippen molar-refractivity contribution in [3.05, 3.63) is 102 Å². The first-order chi connectivity index (χ1) is 11.3. The maximum Gasteiger partial charge on any atom is 0.225 e. The first-order valence-electron chi connectivity index (χ1n) is 7.61. The topological polar surface area (TPSA) is 42.0 Å². The largest absolute Gasteiger partial charge is 0.345 e. The van der Waals surface area contributed by atoms with Crippen molar-refractivity contribution in [1.82, 2.24) is 10.3 Å². The van der Waals surface area contributed by atoms with Crippen LogP contribution in [0.25, 0.3) is 0 Å². The molecule has 2 aromatic carbocycles. The first-order valence-corrected chi connectivity index (χ1v) is 7.61. The van der Waals surface area contributed by atoms with Gasteiger partial charge >= 0.3 is 0 Å². The average Bonchev–Trinajstić information content (AvgIpc) is 2.62. The lowest BCUT2D eigenvalue weighted by Gasteiger charge is -2.19. The molecule has 1 amide bonds. The highest BCUT2D eigenvalue weighted by atomic mass is 16.1. The van der Waals surface area contributed by atoms with Gasteiger partial charge in [0.05, 0.1) is 12.5 Å². The normalized spacial score (nSPS) is 11.7. The van der Waals surface area contributed by atoms with Crippen molar-refractivity contribution < 1.29 is 4.79 Å². The van der Waals surface area contributed by atoms with Gasteiger partial charge in [0.1, 0.15) is 0 Å². The minimum absolute atomic E-state index is 0.00564. The molecule has 0 spiro atoms. The van der Waals surface area contributed by atoms with Gasteiger partial charge in [0, 0.05) is 12.4 Å². The number of benzene rings is 2. The molecule has 1 atom stereocenters. The Labute approximate surface area is 136 Å². The molecule has 1 N–H and O–H groups in total. The third-order valence-electron chi connectivity index (χ3n) is 3.66. The van der Waals surface area contributed by atoms with Gasteiger partial charge in [-0.25, -0.2) is 0 Å².